The molecule has 0 unspecified atom stereocenters. The molecular weight excluding hydrogens is 322 g/mol. The number of hydrogen-bond acceptors (Lipinski definition) is 3. The predicted molar refractivity (Wildman–Crippen MR) is 110 cm³/mol. The van der Waals surface area contributed by atoms with Crippen LogP contribution in [0, 0.1) is 13.8 Å². The maximum atomic E-state index is 12.6. The molecule has 0 radical (unpaired) electrons. The summed E-state index contributed by atoms with van der Waals surface area (Å²) in [6, 6.07) is 12.6. The van der Waals surface area contributed by atoms with Crippen LogP contribution in [0.15, 0.2) is 36.4 Å². The molecule has 2 aromatic carbocycles. The molecule has 3 N–H and O–H groups in total. The van der Waals surface area contributed by atoms with Crippen molar-refractivity contribution < 1.29 is 4.79 Å². The molecule has 138 valence electrons. The molecule has 1 heterocycles. The number of amides is 1. The quantitative estimate of drug-likeness (QED) is 0.773. The van der Waals surface area contributed by atoms with Crippen molar-refractivity contribution in [2.75, 3.05) is 16.0 Å². The Hall–Kier alpha value is -2.49. The van der Waals surface area contributed by atoms with Crippen LogP contribution in [0.2, 0.25) is 0 Å². The van der Waals surface area contributed by atoms with Gasteiger partial charge in [-0.2, -0.15) is 0 Å². The number of nitrogens with two attached hydrogens (primary N) is 1. The molecule has 0 bridgehead atoms. The molecular formula is C22H29N3O. The summed E-state index contributed by atoms with van der Waals surface area (Å²) in [4.78, 5) is 15.1. The van der Waals surface area contributed by atoms with E-state index in [2.05, 4.69) is 31.0 Å². The zero-order chi connectivity index (χ0) is 18.8. The van der Waals surface area contributed by atoms with Gasteiger partial charge in [-0.05, 0) is 76.8 Å². The number of nitrogen functional groups attached to an aromatic ring is 1. The van der Waals surface area contributed by atoms with Crippen LogP contribution in [-0.4, -0.2) is 18.0 Å². The molecule has 0 aromatic heterocycles. The number of carbonyl (C=O) groups is 1. The van der Waals surface area contributed by atoms with E-state index in [4.69, 9.17) is 5.73 Å². The van der Waals surface area contributed by atoms with E-state index in [1.54, 1.807) is 0 Å². The van der Waals surface area contributed by atoms with Crippen LogP contribution < -0.4 is 16.0 Å². The van der Waals surface area contributed by atoms with E-state index in [-0.39, 0.29) is 5.91 Å². The second-order valence-corrected chi connectivity index (χ2v) is 7.59. The summed E-state index contributed by atoms with van der Waals surface area (Å²) in [6.45, 7) is 8.62. The maximum Gasteiger partial charge on any atom is 0.255 e. The zero-order valence-electron chi connectivity index (χ0n) is 16.2. The molecule has 2 atom stereocenters. The number of benzene rings is 2. The summed E-state index contributed by atoms with van der Waals surface area (Å²) < 4.78 is 0. The van der Waals surface area contributed by atoms with Gasteiger partial charge >= 0.3 is 0 Å². The highest BCUT2D eigenvalue weighted by atomic mass is 16.1. The van der Waals surface area contributed by atoms with Crippen LogP contribution in [-0.2, 0) is 0 Å². The fourth-order valence-electron chi connectivity index (χ4n) is 3.98. The van der Waals surface area contributed by atoms with Crippen molar-refractivity contribution in [3.8, 4) is 0 Å². The average molecular weight is 351 g/mol. The van der Waals surface area contributed by atoms with Crippen LogP contribution in [0.1, 0.15) is 54.6 Å². The molecule has 1 fully saturated rings. The molecule has 4 nitrogen and oxygen atoms in total. The first-order valence-corrected chi connectivity index (χ1v) is 9.43. The Labute approximate surface area is 156 Å². The van der Waals surface area contributed by atoms with Crippen LogP contribution in [0.5, 0.6) is 0 Å². The molecule has 0 aliphatic carbocycles. The zero-order valence-corrected chi connectivity index (χ0v) is 16.2. The van der Waals surface area contributed by atoms with Crippen molar-refractivity contribution in [2.24, 2.45) is 0 Å². The minimum atomic E-state index is -0.130. The first-order valence-electron chi connectivity index (χ1n) is 9.43. The number of nitrogens with one attached hydrogen (secondary N) is 1. The van der Waals surface area contributed by atoms with E-state index in [1.165, 1.54) is 24.9 Å². The van der Waals surface area contributed by atoms with Gasteiger partial charge < -0.3 is 16.0 Å². The Morgan fingerprint density at radius 3 is 2.46 bits per heavy atom. The lowest BCUT2D eigenvalue weighted by molar-refractivity contribution is 0.102. The topological polar surface area (TPSA) is 58.4 Å². The SMILES string of the molecule is Cc1cccc(C(=O)Nc2cc(N3[C@H](C)CCC[C@@H]3C)c(C)cc2N)c1. The lowest BCUT2D eigenvalue weighted by Gasteiger charge is -2.42. The van der Waals surface area contributed by atoms with Gasteiger partial charge in [-0.25, -0.2) is 0 Å². The highest BCUT2D eigenvalue weighted by molar-refractivity contribution is 6.06. The van der Waals surface area contributed by atoms with Gasteiger partial charge in [0.2, 0.25) is 0 Å². The second kappa shape index (κ2) is 7.40. The third-order valence-corrected chi connectivity index (χ3v) is 5.37. The second-order valence-electron chi connectivity index (χ2n) is 7.59. The van der Waals surface area contributed by atoms with E-state index >= 15 is 0 Å². The third-order valence-electron chi connectivity index (χ3n) is 5.37. The van der Waals surface area contributed by atoms with Gasteiger partial charge in [0.15, 0.2) is 0 Å². The van der Waals surface area contributed by atoms with Gasteiger partial charge in [0.05, 0.1) is 11.4 Å². The van der Waals surface area contributed by atoms with E-state index in [9.17, 15) is 4.79 Å². The molecule has 0 saturated carbocycles. The average Bonchev–Trinajstić information content (AvgIpc) is 2.58. The van der Waals surface area contributed by atoms with Crippen molar-refractivity contribution in [1.82, 2.24) is 0 Å². The summed E-state index contributed by atoms with van der Waals surface area (Å²) in [6.07, 6.45) is 3.65. The Morgan fingerprint density at radius 1 is 1.12 bits per heavy atom. The van der Waals surface area contributed by atoms with Crippen LogP contribution in [0.4, 0.5) is 17.1 Å². The van der Waals surface area contributed by atoms with E-state index in [0.717, 1.165) is 11.1 Å². The number of rotatable bonds is 3. The molecule has 0 spiro atoms. The summed E-state index contributed by atoms with van der Waals surface area (Å²) in [5.74, 6) is -0.130. The number of aryl methyl sites for hydroxylation is 2. The molecule has 2 aromatic rings. The standard InChI is InChI=1S/C22H29N3O/c1-14-7-5-10-18(11-14)22(26)24-20-13-21(15(2)12-19(20)23)25-16(3)8-6-9-17(25)4/h5,7,10-13,16-17H,6,8-9,23H2,1-4H3,(H,24,26)/t16-,17+. The van der Waals surface area contributed by atoms with Gasteiger partial charge in [0.25, 0.3) is 5.91 Å². The van der Waals surface area contributed by atoms with E-state index in [1.807, 2.05) is 43.3 Å². The predicted octanol–water partition coefficient (Wildman–Crippen LogP) is 4.91. The highest BCUT2D eigenvalue weighted by Gasteiger charge is 2.26. The van der Waals surface area contributed by atoms with Gasteiger partial charge in [-0.1, -0.05) is 17.7 Å². The molecule has 1 aliphatic rings. The molecule has 1 saturated heterocycles. The first-order chi connectivity index (χ1) is 12.4. The van der Waals surface area contributed by atoms with Gasteiger partial charge in [0, 0.05) is 23.3 Å². The fourth-order valence-corrected chi connectivity index (χ4v) is 3.98. The van der Waals surface area contributed by atoms with Gasteiger partial charge in [-0.15, -0.1) is 0 Å². The Balaban J connectivity index is 1.92. The molecule has 1 aliphatic heterocycles. The third kappa shape index (κ3) is 3.69. The maximum absolute atomic E-state index is 12.6. The van der Waals surface area contributed by atoms with Crippen molar-refractivity contribution in [1.29, 1.82) is 0 Å². The van der Waals surface area contributed by atoms with Crippen molar-refractivity contribution in [2.45, 2.75) is 59.0 Å². The van der Waals surface area contributed by atoms with Crippen LogP contribution >= 0.6 is 0 Å². The minimum absolute atomic E-state index is 0.130. The largest absolute Gasteiger partial charge is 0.397 e. The van der Waals surface area contributed by atoms with E-state index in [0.29, 0.717) is 29.0 Å². The van der Waals surface area contributed by atoms with Crippen molar-refractivity contribution in [3.63, 3.8) is 0 Å². The summed E-state index contributed by atoms with van der Waals surface area (Å²) >= 11 is 0. The summed E-state index contributed by atoms with van der Waals surface area (Å²) in [7, 11) is 0. The highest BCUT2D eigenvalue weighted by Crippen LogP contribution is 2.36. The van der Waals surface area contributed by atoms with Crippen molar-refractivity contribution in [3.05, 3.63) is 53.1 Å². The number of nitrogens with zero attached hydrogens (tertiary/aromatic N) is 1. The van der Waals surface area contributed by atoms with Crippen LogP contribution in [0.25, 0.3) is 0 Å². The number of anilines is 3. The fraction of sp³-hybridized carbons (Fsp3) is 0.409. The van der Waals surface area contributed by atoms with Gasteiger partial charge in [-0.3, -0.25) is 4.79 Å². The number of carbonyl (C=O) groups excluding carboxylic acids is 1. The Morgan fingerprint density at radius 2 is 1.81 bits per heavy atom. The summed E-state index contributed by atoms with van der Waals surface area (Å²) in [5.41, 5.74) is 11.5. The summed E-state index contributed by atoms with van der Waals surface area (Å²) in [5, 5.41) is 3.00. The Kier molecular flexibility index (Phi) is 5.21. The van der Waals surface area contributed by atoms with Crippen LogP contribution in [0.3, 0.4) is 0 Å². The lowest BCUT2D eigenvalue weighted by Crippen LogP contribution is -2.44. The molecule has 3 rings (SSSR count). The normalized spacial score (nSPS) is 20.1. The van der Waals surface area contributed by atoms with E-state index < -0.39 is 0 Å². The lowest BCUT2D eigenvalue weighted by atomic mass is 9.95. The Bertz CT molecular complexity index is 805. The van der Waals surface area contributed by atoms with Gasteiger partial charge in [0.1, 0.15) is 0 Å². The molecule has 1 amide bonds. The number of hydrogen-bond donors (Lipinski definition) is 2. The minimum Gasteiger partial charge on any atom is -0.397 e. The monoisotopic (exact) mass is 351 g/mol. The first kappa shape index (κ1) is 18.3. The number of piperidine rings is 1. The van der Waals surface area contributed by atoms with Crippen molar-refractivity contribution >= 4 is 23.0 Å². The molecule has 4 heteroatoms. The molecule has 26 heavy (non-hydrogen) atoms. The smallest absolute Gasteiger partial charge is 0.255 e.